The van der Waals surface area contributed by atoms with Crippen LogP contribution in [0.5, 0.6) is 11.5 Å². The molecule has 0 aliphatic carbocycles. The van der Waals surface area contributed by atoms with Gasteiger partial charge in [0, 0.05) is 12.0 Å². The van der Waals surface area contributed by atoms with E-state index >= 15 is 0 Å². The maximum atomic E-state index is 12.0. The first-order valence-corrected chi connectivity index (χ1v) is 6.55. The van der Waals surface area contributed by atoms with Crippen LogP contribution in [0, 0.1) is 0 Å². The largest absolute Gasteiger partial charge is 0.490 e. The molecule has 0 unspecified atom stereocenters. The molecule has 1 aromatic rings. The third kappa shape index (κ3) is 3.20. The summed E-state index contributed by atoms with van der Waals surface area (Å²) in [6.07, 6.45) is 1.11. The van der Waals surface area contributed by atoms with E-state index in [-0.39, 0.29) is 0 Å². The first-order valence-electron chi connectivity index (χ1n) is 6.55. The zero-order valence-electron chi connectivity index (χ0n) is 11.2. The van der Waals surface area contributed by atoms with Gasteiger partial charge in [0.1, 0.15) is 6.04 Å². The van der Waals surface area contributed by atoms with Crippen molar-refractivity contribution >= 4 is 11.9 Å². The molecule has 1 heterocycles. The number of hydrogen-bond acceptors (Lipinski definition) is 4. The van der Waals surface area contributed by atoms with Crippen LogP contribution in [0.3, 0.4) is 0 Å². The van der Waals surface area contributed by atoms with Crippen LogP contribution in [0.15, 0.2) is 18.2 Å². The molecule has 2 N–H and O–H groups in total. The smallest absolute Gasteiger partial charge is 0.326 e. The molecule has 1 aliphatic rings. The van der Waals surface area contributed by atoms with Gasteiger partial charge in [-0.25, -0.2) is 4.79 Å². The molecule has 1 atom stereocenters. The number of ether oxygens (including phenoxy) is 2. The molecule has 1 aromatic carbocycles. The lowest BCUT2D eigenvalue weighted by Crippen LogP contribution is -2.40. The van der Waals surface area contributed by atoms with E-state index in [1.807, 2.05) is 0 Å². The molecule has 6 nitrogen and oxygen atoms in total. The minimum absolute atomic E-state index is 0.325. The average Bonchev–Trinajstić information content (AvgIpc) is 2.68. The highest BCUT2D eigenvalue weighted by Gasteiger charge is 2.20. The number of hydrogen-bond donors (Lipinski definition) is 2. The first kappa shape index (κ1) is 14.2. The van der Waals surface area contributed by atoms with Crippen LogP contribution in [0.1, 0.15) is 30.1 Å². The van der Waals surface area contributed by atoms with E-state index in [4.69, 9.17) is 14.6 Å². The van der Waals surface area contributed by atoms with Gasteiger partial charge in [-0.15, -0.1) is 0 Å². The minimum Gasteiger partial charge on any atom is -0.490 e. The molecular weight excluding hydrogens is 262 g/mol. The average molecular weight is 279 g/mol. The van der Waals surface area contributed by atoms with Crippen molar-refractivity contribution in [1.82, 2.24) is 5.32 Å². The van der Waals surface area contributed by atoms with Crippen molar-refractivity contribution in [2.75, 3.05) is 13.2 Å². The van der Waals surface area contributed by atoms with Crippen molar-refractivity contribution in [2.24, 2.45) is 0 Å². The van der Waals surface area contributed by atoms with Crippen molar-refractivity contribution in [3.63, 3.8) is 0 Å². The van der Waals surface area contributed by atoms with Crippen LogP contribution in [-0.4, -0.2) is 36.2 Å². The fourth-order valence-corrected chi connectivity index (χ4v) is 1.88. The molecule has 0 bridgehead atoms. The van der Waals surface area contributed by atoms with E-state index in [2.05, 4.69) is 5.32 Å². The highest BCUT2D eigenvalue weighted by Crippen LogP contribution is 2.30. The zero-order valence-corrected chi connectivity index (χ0v) is 11.2. The lowest BCUT2D eigenvalue weighted by atomic mass is 10.1. The van der Waals surface area contributed by atoms with E-state index in [0.29, 0.717) is 36.7 Å². The molecule has 0 fully saturated rings. The number of aliphatic carboxylic acids is 1. The van der Waals surface area contributed by atoms with Gasteiger partial charge in [-0.05, 0) is 24.6 Å². The van der Waals surface area contributed by atoms with E-state index in [1.54, 1.807) is 25.1 Å². The van der Waals surface area contributed by atoms with Crippen molar-refractivity contribution in [2.45, 2.75) is 25.8 Å². The van der Waals surface area contributed by atoms with Crippen molar-refractivity contribution in [3.05, 3.63) is 23.8 Å². The quantitative estimate of drug-likeness (QED) is 0.871. The van der Waals surface area contributed by atoms with Gasteiger partial charge in [-0.2, -0.15) is 0 Å². The Morgan fingerprint density at radius 1 is 1.30 bits per heavy atom. The Morgan fingerprint density at radius 3 is 2.65 bits per heavy atom. The predicted octanol–water partition coefficient (Wildman–Crippen LogP) is 1.44. The third-order valence-corrected chi connectivity index (χ3v) is 3.02. The number of nitrogens with one attached hydrogen (secondary N) is 1. The van der Waals surface area contributed by atoms with Gasteiger partial charge in [0.05, 0.1) is 13.2 Å². The Labute approximate surface area is 116 Å². The number of carbonyl (C=O) groups excluding carboxylic acids is 1. The van der Waals surface area contributed by atoms with Gasteiger partial charge >= 0.3 is 5.97 Å². The molecule has 6 heteroatoms. The molecule has 0 aromatic heterocycles. The first-order chi connectivity index (χ1) is 9.61. The molecule has 1 aliphatic heterocycles. The molecule has 0 spiro atoms. The van der Waals surface area contributed by atoms with Crippen molar-refractivity contribution in [1.29, 1.82) is 0 Å². The van der Waals surface area contributed by atoms with Gasteiger partial charge in [0.15, 0.2) is 11.5 Å². The summed E-state index contributed by atoms with van der Waals surface area (Å²) in [6, 6.07) is 3.94. The van der Waals surface area contributed by atoms with Crippen LogP contribution >= 0.6 is 0 Å². The summed E-state index contributed by atoms with van der Waals surface area (Å²) in [6.45, 7) is 2.81. The zero-order chi connectivity index (χ0) is 14.5. The van der Waals surface area contributed by atoms with E-state index in [1.165, 1.54) is 0 Å². The number of carbonyl (C=O) groups is 2. The molecule has 0 radical (unpaired) electrons. The van der Waals surface area contributed by atoms with Gasteiger partial charge < -0.3 is 19.9 Å². The molecular formula is C14H17NO5. The van der Waals surface area contributed by atoms with Crippen LogP contribution in [-0.2, 0) is 4.79 Å². The summed E-state index contributed by atoms with van der Waals surface area (Å²) < 4.78 is 11.0. The topological polar surface area (TPSA) is 84.9 Å². The number of carboxylic acid groups (broad SMARTS) is 1. The standard InChI is InChI=1S/C14H17NO5/c1-2-10(14(17)18)15-13(16)9-4-5-11-12(8-9)20-7-3-6-19-11/h4-5,8,10H,2-3,6-7H2,1H3,(H,15,16)(H,17,18)/t10-/m0/s1. The molecule has 1 amide bonds. The van der Waals surface area contributed by atoms with E-state index in [0.717, 1.165) is 6.42 Å². The van der Waals surface area contributed by atoms with E-state index in [9.17, 15) is 9.59 Å². The van der Waals surface area contributed by atoms with E-state index < -0.39 is 17.9 Å². The Bertz CT molecular complexity index is 514. The Hall–Kier alpha value is -2.24. The fourth-order valence-electron chi connectivity index (χ4n) is 1.88. The highest BCUT2D eigenvalue weighted by molar-refractivity contribution is 5.97. The summed E-state index contributed by atoms with van der Waals surface area (Å²) in [5.74, 6) is -0.368. The fraction of sp³-hybridized carbons (Fsp3) is 0.429. The molecule has 0 saturated heterocycles. The SMILES string of the molecule is CC[C@H](NC(=O)c1ccc2c(c1)OCCCO2)C(=O)O. The molecule has 0 saturated carbocycles. The van der Waals surface area contributed by atoms with Crippen molar-refractivity contribution < 1.29 is 24.2 Å². The molecule has 20 heavy (non-hydrogen) atoms. The Kier molecular flexibility index (Phi) is 4.45. The van der Waals surface area contributed by atoms with Crippen molar-refractivity contribution in [3.8, 4) is 11.5 Å². The minimum atomic E-state index is -1.05. The number of fused-ring (bicyclic) bond motifs is 1. The van der Waals surface area contributed by atoms with Crippen LogP contribution in [0.2, 0.25) is 0 Å². The number of amides is 1. The lowest BCUT2D eigenvalue weighted by Gasteiger charge is -2.13. The molecule has 108 valence electrons. The van der Waals surface area contributed by atoms with Crippen LogP contribution in [0.4, 0.5) is 0 Å². The maximum absolute atomic E-state index is 12.0. The second-order valence-corrected chi connectivity index (χ2v) is 4.48. The maximum Gasteiger partial charge on any atom is 0.326 e. The molecule has 2 rings (SSSR count). The second-order valence-electron chi connectivity index (χ2n) is 4.48. The Morgan fingerprint density at radius 2 is 2.00 bits per heavy atom. The summed E-state index contributed by atoms with van der Waals surface area (Å²) in [4.78, 5) is 22.9. The normalized spacial score (nSPS) is 15.1. The second kappa shape index (κ2) is 6.27. The Balaban J connectivity index is 2.14. The van der Waals surface area contributed by atoms with Crippen LogP contribution in [0.25, 0.3) is 0 Å². The van der Waals surface area contributed by atoms with Gasteiger partial charge in [0.2, 0.25) is 0 Å². The van der Waals surface area contributed by atoms with Gasteiger partial charge in [-0.3, -0.25) is 4.79 Å². The summed E-state index contributed by atoms with van der Waals surface area (Å²) in [5, 5.41) is 11.4. The highest BCUT2D eigenvalue weighted by atomic mass is 16.5. The number of benzene rings is 1. The lowest BCUT2D eigenvalue weighted by molar-refractivity contribution is -0.139. The number of rotatable bonds is 4. The summed E-state index contributed by atoms with van der Waals surface area (Å²) in [5.41, 5.74) is 0.356. The monoisotopic (exact) mass is 279 g/mol. The predicted molar refractivity (Wildman–Crippen MR) is 71.2 cm³/mol. The third-order valence-electron chi connectivity index (χ3n) is 3.02. The summed E-state index contributed by atoms with van der Waals surface area (Å²) in [7, 11) is 0. The van der Waals surface area contributed by atoms with Gasteiger partial charge in [0.25, 0.3) is 5.91 Å². The number of carboxylic acids is 1. The van der Waals surface area contributed by atoms with Gasteiger partial charge in [-0.1, -0.05) is 6.92 Å². The van der Waals surface area contributed by atoms with Crippen LogP contribution < -0.4 is 14.8 Å². The summed E-state index contributed by atoms with van der Waals surface area (Å²) >= 11 is 0.